The van der Waals surface area contributed by atoms with E-state index >= 15 is 0 Å². The zero-order chi connectivity index (χ0) is 30.6. The minimum absolute atomic E-state index is 0.0911. The molecule has 1 saturated heterocycles. The molecule has 3 amide bonds. The van der Waals surface area contributed by atoms with Crippen molar-refractivity contribution in [3.8, 4) is 0 Å². The maximum absolute atomic E-state index is 14.0. The van der Waals surface area contributed by atoms with Crippen LogP contribution in [-0.2, 0) is 26.3 Å². The van der Waals surface area contributed by atoms with Crippen molar-refractivity contribution in [2.75, 3.05) is 10.2 Å². The van der Waals surface area contributed by atoms with Crippen LogP contribution in [-0.4, -0.2) is 27.5 Å². The van der Waals surface area contributed by atoms with E-state index in [0.717, 1.165) is 44.7 Å². The van der Waals surface area contributed by atoms with Crippen LogP contribution in [0.2, 0.25) is 0 Å². The Morgan fingerprint density at radius 3 is 2.19 bits per heavy atom. The Morgan fingerprint density at radius 1 is 0.907 bits per heavy atom. The summed E-state index contributed by atoms with van der Waals surface area (Å²) in [5.41, 5.74) is 3.79. The van der Waals surface area contributed by atoms with Crippen LogP contribution in [0.25, 0.3) is 0 Å². The predicted molar refractivity (Wildman–Crippen MR) is 167 cm³/mol. The molecule has 10 heteroatoms. The highest BCUT2D eigenvalue weighted by molar-refractivity contribution is 8.00. The molecule has 3 aromatic carbocycles. The number of hydrogen-bond acceptors (Lipinski definition) is 6. The van der Waals surface area contributed by atoms with Crippen molar-refractivity contribution in [1.29, 1.82) is 0 Å². The number of amides is 3. The second-order valence-electron chi connectivity index (χ2n) is 11.9. The predicted octanol–water partition coefficient (Wildman–Crippen LogP) is 6.09. The third kappa shape index (κ3) is 5.34. The van der Waals surface area contributed by atoms with E-state index in [1.165, 1.54) is 28.8 Å². The fourth-order valence-corrected chi connectivity index (χ4v) is 8.40. The summed E-state index contributed by atoms with van der Waals surface area (Å²) in [6, 6.07) is 20.6. The average Bonchev–Trinajstić information content (AvgIpc) is 3.40. The number of thioether (sulfide) groups is 1. The summed E-state index contributed by atoms with van der Waals surface area (Å²) in [6.45, 7) is 8.05. The van der Waals surface area contributed by atoms with Crippen LogP contribution in [0.1, 0.15) is 48.3 Å². The van der Waals surface area contributed by atoms with Gasteiger partial charge in [0.05, 0.1) is 16.6 Å². The number of aromatic nitrogens is 1. The lowest BCUT2D eigenvalue weighted by atomic mass is 9.81. The van der Waals surface area contributed by atoms with E-state index in [2.05, 4.69) is 26.1 Å². The molecule has 1 N–H and O–H groups in total. The largest absolute Gasteiger partial charge is 0.325 e. The Kier molecular flexibility index (Phi) is 7.38. The monoisotopic (exact) mass is 615 g/mol. The van der Waals surface area contributed by atoms with E-state index in [1.54, 1.807) is 12.1 Å². The minimum atomic E-state index is -0.822. The topological polar surface area (TPSA) is 88.5 Å². The van der Waals surface area contributed by atoms with Gasteiger partial charge in [-0.2, -0.15) is 0 Å². The number of nitrogens with zero attached hydrogens (tertiary/aromatic N) is 2. The van der Waals surface area contributed by atoms with Crippen LogP contribution in [0.15, 0.2) is 82.6 Å². The Labute approximate surface area is 256 Å². The molecule has 0 aliphatic carbocycles. The Hall–Kier alpha value is -4.02. The number of thiazole rings is 1. The number of fused-ring (bicyclic) bond motifs is 2. The van der Waals surface area contributed by atoms with Gasteiger partial charge in [0, 0.05) is 16.5 Å². The number of carbonyl (C=O) groups excluding carboxylic acids is 3. The van der Waals surface area contributed by atoms with Gasteiger partial charge >= 0.3 is 4.87 Å². The number of carbonyl (C=O) groups is 3. The maximum Gasteiger partial charge on any atom is 0.308 e. The molecule has 2 aliphatic heterocycles. The lowest BCUT2D eigenvalue weighted by Gasteiger charge is -2.31. The molecule has 2 aliphatic rings. The van der Waals surface area contributed by atoms with Gasteiger partial charge in [-0.05, 0) is 59.9 Å². The molecule has 1 fully saturated rings. The first kappa shape index (κ1) is 29.1. The summed E-state index contributed by atoms with van der Waals surface area (Å²) < 4.78 is 15.1. The fourth-order valence-electron chi connectivity index (χ4n) is 5.63. The van der Waals surface area contributed by atoms with Crippen LogP contribution >= 0.6 is 23.1 Å². The fraction of sp³-hybridized carbons (Fsp3) is 0.273. The molecule has 4 aromatic rings. The second-order valence-corrected chi connectivity index (χ2v) is 14.1. The van der Waals surface area contributed by atoms with Crippen molar-refractivity contribution < 1.29 is 18.8 Å². The normalized spacial score (nSPS) is 19.7. The van der Waals surface area contributed by atoms with Crippen molar-refractivity contribution >= 4 is 52.2 Å². The van der Waals surface area contributed by atoms with Gasteiger partial charge in [-0.25, -0.2) is 9.29 Å². The number of imide groups is 1. The Bertz CT molecular complexity index is 1790. The van der Waals surface area contributed by atoms with Crippen LogP contribution in [0.5, 0.6) is 0 Å². The molecule has 0 unspecified atom stereocenters. The van der Waals surface area contributed by atoms with Gasteiger partial charge in [-0.1, -0.05) is 85.8 Å². The molecule has 0 bridgehead atoms. The first-order chi connectivity index (χ1) is 20.4. The molecule has 0 spiro atoms. The highest BCUT2D eigenvalue weighted by atomic mass is 32.2. The van der Waals surface area contributed by atoms with Crippen molar-refractivity contribution in [3.63, 3.8) is 0 Å². The summed E-state index contributed by atoms with van der Waals surface area (Å²) in [7, 11) is 0. The van der Waals surface area contributed by atoms with Gasteiger partial charge in [-0.15, -0.1) is 0 Å². The van der Waals surface area contributed by atoms with Gasteiger partial charge in [0.1, 0.15) is 17.6 Å². The number of anilines is 2. The molecule has 3 heterocycles. The van der Waals surface area contributed by atoms with Gasteiger partial charge in [0.15, 0.2) is 0 Å². The van der Waals surface area contributed by atoms with Gasteiger partial charge in [-0.3, -0.25) is 23.7 Å². The number of halogens is 1. The first-order valence-electron chi connectivity index (χ1n) is 13.9. The number of rotatable bonds is 5. The lowest BCUT2D eigenvalue weighted by Crippen LogP contribution is -2.33. The van der Waals surface area contributed by atoms with Crippen molar-refractivity contribution in [2.24, 2.45) is 5.92 Å². The number of hydrogen-bond donors (Lipinski definition) is 1. The van der Waals surface area contributed by atoms with Crippen molar-refractivity contribution in [3.05, 3.63) is 110 Å². The standard InChI is InChI=1S/C33H30FN3O4S2/c1-18-5-13-22(14-6-18)35-24(38)17-36-31-28(43-32(36)41)25(19-7-9-20(10-8-19)33(2,3)4)26-27(42-31)30(40)37(29(26)39)23-15-11-21(34)12-16-23/h5-16,25-27H,17H2,1-4H3,(H,35,38)/t25-,26-,27+/m0/s1. The average molecular weight is 616 g/mol. The van der Waals surface area contributed by atoms with Gasteiger partial charge < -0.3 is 5.32 Å². The highest BCUT2D eigenvalue weighted by Gasteiger charge is 2.56. The van der Waals surface area contributed by atoms with E-state index in [0.29, 0.717) is 21.3 Å². The molecule has 43 heavy (non-hydrogen) atoms. The van der Waals surface area contributed by atoms with E-state index in [1.807, 2.05) is 43.3 Å². The van der Waals surface area contributed by atoms with Gasteiger partial charge in [0.2, 0.25) is 17.7 Å². The third-order valence-electron chi connectivity index (χ3n) is 7.91. The van der Waals surface area contributed by atoms with E-state index in [4.69, 9.17) is 0 Å². The molecular formula is C33H30FN3O4S2. The minimum Gasteiger partial charge on any atom is -0.325 e. The van der Waals surface area contributed by atoms with Crippen LogP contribution < -0.4 is 15.1 Å². The van der Waals surface area contributed by atoms with Crippen molar-refractivity contribution in [1.82, 2.24) is 4.57 Å². The van der Waals surface area contributed by atoms with E-state index in [-0.39, 0.29) is 22.7 Å². The van der Waals surface area contributed by atoms with E-state index < -0.39 is 34.7 Å². The molecule has 3 atom stereocenters. The smallest absolute Gasteiger partial charge is 0.308 e. The molecular weight excluding hydrogens is 586 g/mol. The second kappa shape index (κ2) is 10.9. The van der Waals surface area contributed by atoms with Crippen molar-refractivity contribution in [2.45, 2.75) is 55.8 Å². The number of nitrogens with one attached hydrogen (secondary N) is 1. The van der Waals surface area contributed by atoms with Gasteiger partial charge in [0.25, 0.3) is 0 Å². The molecule has 0 saturated carbocycles. The summed E-state index contributed by atoms with van der Waals surface area (Å²) in [4.78, 5) is 55.7. The number of benzene rings is 3. The summed E-state index contributed by atoms with van der Waals surface area (Å²) >= 11 is 2.16. The maximum atomic E-state index is 14.0. The SMILES string of the molecule is Cc1ccc(NC(=O)Cn2c3c(sc2=O)[C@@H](c2ccc(C(C)(C)C)cc2)[C@@H]2C(=O)N(c4ccc(F)cc4)C(=O)[C@@H]2S3)cc1. The molecule has 7 nitrogen and oxygen atoms in total. The quantitative estimate of drug-likeness (QED) is 0.275. The summed E-state index contributed by atoms with van der Waals surface area (Å²) in [6.07, 6.45) is 0. The van der Waals surface area contributed by atoms with Crippen LogP contribution in [0.4, 0.5) is 15.8 Å². The van der Waals surface area contributed by atoms with E-state index in [9.17, 15) is 23.6 Å². The highest BCUT2D eigenvalue weighted by Crippen LogP contribution is 2.54. The zero-order valence-electron chi connectivity index (χ0n) is 24.1. The number of aryl methyl sites for hydroxylation is 1. The zero-order valence-corrected chi connectivity index (χ0v) is 25.7. The Morgan fingerprint density at radius 2 is 1.56 bits per heavy atom. The molecule has 0 radical (unpaired) electrons. The summed E-state index contributed by atoms with van der Waals surface area (Å²) in [5, 5.41) is 2.53. The Balaban J connectivity index is 1.41. The summed E-state index contributed by atoms with van der Waals surface area (Å²) in [5.74, 6) is -3.01. The van der Waals surface area contributed by atoms with Crippen LogP contribution in [0, 0.1) is 18.7 Å². The third-order valence-corrected chi connectivity index (χ3v) is 10.5. The molecule has 6 rings (SSSR count). The molecule has 220 valence electrons. The van der Waals surface area contributed by atoms with Crippen LogP contribution in [0.3, 0.4) is 0 Å². The first-order valence-corrected chi connectivity index (χ1v) is 15.6. The lowest BCUT2D eigenvalue weighted by molar-refractivity contribution is -0.122. The molecule has 1 aromatic heterocycles.